The first kappa shape index (κ1) is 22.6. The van der Waals surface area contributed by atoms with Crippen LogP contribution in [0.3, 0.4) is 0 Å². The molecule has 0 aliphatic heterocycles. The highest BCUT2D eigenvalue weighted by Gasteiger charge is 2.09. The Kier molecular flexibility index (Phi) is 8.87. The molecule has 0 aliphatic rings. The molecule has 0 fully saturated rings. The summed E-state index contributed by atoms with van der Waals surface area (Å²) < 4.78 is 0. The number of nitrogens with zero attached hydrogens (tertiary/aromatic N) is 1. The molecule has 0 radical (unpaired) electrons. The summed E-state index contributed by atoms with van der Waals surface area (Å²) in [4.78, 5) is 26.4. The van der Waals surface area contributed by atoms with Crippen molar-refractivity contribution in [2.75, 3.05) is 11.9 Å². The van der Waals surface area contributed by atoms with Gasteiger partial charge in [0.05, 0.1) is 0 Å². The summed E-state index contributed by atoms with van der Waals surface area (Å²) in [7, 11) is 0. The molecule has 5 nitrogen and oxygen atoms in total. The van der Waals surface area contributed by atoms with Crippen molar-refractivity contribution in [3.8, 4) is 0 Å². The zero-order chi connectivity index (χ0) is 21.2. The third-order valence-corrected chi connectivity index (χ3v) is 4.91. The third-order valence-electron chi connectivity index (χ3n) is 4.91. The SMILES string of the molecule is CCCC(=O)Nc1ccc(CNC(=O)c2ccc(CN(CC)C(C)C)cc2)cc1. The average Bonchev–Trinajstić information content (AvgIpc) is 2.71. The standard InChI is InChI=1S/C24H33N3O2/c1-5-7-23(28)26-22-14-10-19(11-15-22)16-25-24(29)21-12-8-20(9-13-21)17-27(6-2)18(3)4/h8-15,18H,5-7,16-17H2,1-4H3,(H,25,29)(H,26,28). The van der Waals surface area contributed by atoms with Crippen molar-refractivity contribution in [2.45, 2.75) is 59.7 Å². The lowest BCUT2D eigenvalue weighted by atomic mass is 10.1. The Morgan fingerprint density at radius 1 is 0.931 bits per heavy atom. The zero-order valence-corrected chi connectivity index (χ0v) is 18.0. The lowest BCUT2D eigenvalue weighted by Gasteiger charge is -2.24. The lowest BCUT2D eigenvalue weighted by Crippen LogP contribution is -2.30. The lowest BCUT2D eigenvalue weighted by molar-refractivity contribution is -0.116. The Morgan fingerprint density at radius 2 is 1.55 bits per heavy atom. The molecule has 2 aromatic rings. The molecule has 0 unspecified atom stereocenters. The van der Waals surface area contributed by atoms with Crippen LogP contribution in [0.5, 0.6) is 0 Å². The molecule has 2 rings (SSSR count). The summed E-state index contributed by atoms with van der Waals surface area (Å²) in [6, 6.07) is 15.8. The van der Waals surface area contributed by atoms with Crippen LogP contribution in [-0.2, 0) is 17.9 Å². The van der Waals surface area contributed by atoms with Crippen LogP contribution in [0.4, 0.5) is 5.69 Å². The van der Waals surface area contributed by atoms with Crippen LogP contribution < -0.4 is 10.6 Å². The van der Waals surface area contributed by atoms with E-state index in [0.29, 0.717) is 24.6 Å². The highest BCUT2D eigenvalue weighted by Crippen LogP contribution is 2.12. The third kappa shape index (κ3) is 7.35. The van der Waals surface area contributed by atoms with E-state index in [4.69, 9.17) is 0 Å². The van der Waals surface area contributed by atoms with Gasteiger partial charge in [0, 0.05) is 36.8 Å². The summed E-state index contributed by atoms with van der Waals surface area (Å²) >= 11 is 0. The number of anilines is 1. The monoisotopic (exact) mass is 395 g/mol. The number of carbonyl (C=O) groups is 2. The summed E-state index contributed by atoms with van der Waals surface area (Å²) in [5.41, 5.74) is 3.62. The van der Waals surface area contributed by atoms with Gasteiger partial charge < -0.3 is 10.6 Å². The van der Waals surface area contributed by atoms with Gasteiger partial charge in [0.2, 0.25) is 5.91 Å². The predicted octanol–water partition coefficient (Wildman–Crippen LogP) is 4.59. The fourth-order valence-electron chi connectivity index (χ4n) is 3.10. The molecule has 0 bridgehead atoms. The summed E-state index contributed by atoms with van der Waals surface area (Å²) in [5.74, 6) is -0.0690. The fraction of sp³-hybridized carbons (Fsp3) is 0.417. The van der Waals surface area contributed by atoms with Crippen molar-refractivity contribution in [1.82, 2.24) is 10.2 Å². The zero-order valence-electron chi connectivity index (χ0n) is 18.0. The quantitative estimate of drug-likeness (QED) is 0.619. The molecular formula is C24H33N3O2. The molecule has 2 N–H and O–H groups in total. The van der Waals surface area contributed by atoms with E-state index in [1.54, 1.807) is 0 Å². The van der Waals surface area contributed by atoms with Gasteiger partial charge in [-0.1, -0.05) is 38.1 Å². The number of rotatable bonds is 10. The van der Waals surface area contributed by atoms with Crippen molar-refractivity contribution >= 4 is 17.5 Å². The van der Waals surface area contributed by atoms with E-state index in [1.165, 1.54) is 5.56 Å². The van der Waals surface area contributed by atoms with E-state index < -0.39 is 0 Å². The Balaban J connectivity index is 1.86. The minimum atomic E-state index is -0.0897. The molecule has 0 aliphatic carbocycles. The molecule has 0 spiro atoms. The van der Waals surface area contributed by atoms with Gasteiger partial charge in [0.1, 0.15) is 0 Å². The molecule has 0 heterocycles. The minimum absolute atomic E-state index is 0.0208. The number of nitrogens with one attached hydrogen (secondary N) is 2. The van der Waals surface area contributed by atoms with Crippen LogP contribution in [0.2, 0.25) is 0 Å². The first-order valence-corrected chi connectivity index (χ1v) is 10.4. The van der Waals surface area contributed by atoms with Gasteiger partial charge in [0.15, 0.2) is 0 Å². The fourth-order valence-corrected chi connectivity index (χ4v) is 3.10. The number of hydrogen-bond acceptors (Lipinski definition) is 3. The van der Waals surface area contributed by atoms with Gasteiger partial charge in [-0.3, -0.25) is 14.5 Å². The molecule has 0 atom stereocenters. The first-order chi connectivity index (χ1) is 13.9. The average molecular weight is 396 g/mol. The van der Waals surface area contributed by atoms with Crippen LogP contribution in [0.25, 0.3) is 0 Å². The Bertz CT molecular complexity index is 783. The number of hydrogen-bond donors (Lipinski definition) is 2. The van der Waals surface area contributed by atoms with E-state index in [-0.39, 0.29) is 11.8 Å². The highest BCUT2D eigenvalue weighted by atomic mass is 16.2. The number of amides is 2. The van der Waals surface area contributed by atoms with Gasteiger partial charge >= 0.3 is 0 Å². The molecule has 0 saturated heterocycles. The predicted molar refractivity (Wildman–Crippen MR) is 119 cm³/mol. The van der Waals surface area contributed by atoms with E-state index in [2.05, 4.69) is 36.3 Å². The smallest absolute Gasteiger partial charge is 0.251 e. The summed E-state index contributed by atoms with van der Waals surface area (Å²) in [6.07, 6.45) is 1.34. The Morgan fingerprint density at radius 3 is 2.10 bits per heavy atom. The summed E-state index contributed by atoms with van der Waals surface area (Å²) in [5, 5.41) is 5.81. The summed E-state index contributed by atoms with van der Waals surface area (Å²) in [6.45, 7) is 10.9. The highest BCUT2D eigenvalue weighted by molar-refractivity contribution is 5.94. The molecule has 29 heavy (non-hydrogen) atoms. The van der Waals surface area contributed by atoms with Gasteiger partial charge in [-0.15, -0.1) is 0 Å². The maximum Gasteiger partial charge on any atom is 0.251 e. The van der Waals surface area contributed by atoms with Gasteiger partial charge in [-0.2, -0.15) is 0 Å². The van der Waals surface area contributed by atoms with Crippen molar-refractivity contribution in [3.63, 3.8) is 0 Å². The first-order valence-electron chi connectivity index (χ1n) is 10.4. The maximum absolute atomic E-state index is 12.4. The number of carbonyl (C=O) groups excluding carboxylic acids is 2. The molecule has 2 aromatic carbocycles. The van der Waals surface area contributed by atoms with Gasteiger partial charge in [0.25, 0.3) is 5.91 Å². The molecular weight excluding hydrogens is 362 g/mol. The van der Waals surface area contributed by atoms with Gasteiger partial charge in [-0.05, 0) is 62.2 Å². The second-order valence-corrected chi connectivity index (χ2v) is 7.53. The molecule has 156 valence electrons. The van der Waals surface area contributed by atoms with Crippen LogP contribution in [0, 0.1) is 0 Å². The second kappa shape index (κ2) is 11.4. The molecule has 0 saturated carbocycles. The van der Waals surface area contributed by atoms with Crippen molar-refractivity contribution in [2.24, 2.45) is 0 Å². The van der Waals surface area contributed by atoms with Crippen LogP contribution in [0.15, 0.2) is 48.5 Å². The van der Waals surface area contributed by atoms with Crippen molar-refractivity contribution in [1.29, 1.82) is 0 Å². The second-order valence-electron chi connectivity index (χ2n) is 7.53. The largest absolute Gasteiger partial charge is 0.348 e. The minimum Gasteiger partial charge on any atom is -0.348 e. The maximum atomic E-state index is 12.4. The van der Waals surface area contributed by atoms with E-state index >= 15 is 0 Å². The Hall–Kier alpha value is -2.66. The van der Waals surface area contributed by atoms with Crippen molar-refractivity contribution < 1.29 is 9.59 Å². The molecule has 2 amide bonds. The molecule has 5 heteroatoms. The molecule has 0 aromatic heterocycles. The van der Waals surface area contributed by atoms with Crippen LogP contribution in [0.1, 0.15) is 62.0 Å². The van der Waals surface area contributed by atoms with Crippen molar-refractivity contribution in [3.05, 3.63) is 65.2 Å². The van der Waals surface area contributed by atoms with E-state index in [1.807, 2.05) is 55.5 Å². The van der Waals surface area contributed by atoms with Crippen LogP contribution >= 0.6 is 0 Å². The normalized spacial score (nSPS) is 11.0. The van der Waals surface area contributed by atoms with E-state index in [0.717, 1.165) is 30.8 Å². The topological polar surface area (TPSA) is 61.4 Å². The number of benzene rings is 2. The van der Waals surface area contributed by atoms with Gasteiger partial charge in [-0.25, -0.2) is 0 Å². The Labute approximate surface area is 174 Å². The van der Waals surface area contributed by atoms with E-state index in [9.17, 15) is 9.59 Å². The van der Waals surface area contributed by atoms with Crippen LogP contribution in [-0.4, -0.2) is 29.3 Å².